The number of allylic oxidation sites excluding steroid dienone is 1. The third kappa shape index (κ3) is 4.22. The van der Waals surface area contributed by atoms with Crippen LogP contribution in [0.25, 0.3) is 0 Å². The zero-order chi connectivity index (χ0) is 16.2. The van der Waals surface area contributed by atoms with Crippen LogP contribution < -0.4 is 0 Å². The fourth-order valence-electron chi connectivity index (χ4n) is 1.60. The van der Waals surface area contributed by atoms with Gasteiger partial charge in [-0.1, -0.05) is 41.0 Å². The molecular formula is C12H12Cl2N4O2S2. The second kappa shape index (κ2) is 7.45. The Morgan fingerprint density at radius 3 is 2.86 bits per heavy atom. The van der Waals surface area contributed by atoms with Gasteiger partial charge in [0.2, 0.25) is 5.16 Å². The Hall–Kier alpha value is -1.09. The molecule has 6 nitrogen and oxygen atoms in total. The summed E-state index contributed by atoms with van der Waals surface area (Å²) in [6.07, 6.45) is 1.66. The molecule has 0 saturated carbocycles. The second-order valence-electron chi connectivity index (χ2n) is 4.17. The normalized spacial score (nSPS) is 11.5. The molecule has 0 radical (unpaired) electrons. The van der Waals surface area contributed by atoms with Crippen LogP contribution in [0.1, 0.15) is 0 Å². The molecule has 0 spiro atoms. The van der Waals surface area contributed by atoms with Crippen LogP contribution in [0.5, 0.6) is 0 Å². The van der Waals surface area contributed by atoms with Crippen molar-refractivity contribution in [2.45, 2.75) is 16.6 Å². The standard InChI is InChI=1S/C12H12Cl2N4O2S2/c1-2-5-18-12(15-16-17-18)21-6-7-22(19,20)11-8-9(13)3-4-10(11)14/h2-4,8H,1,5-7H2. The minimum atomic E-state index is -3.53. The van der Waals surface area contributed by atoms with Crippen molar-refractivity contribution in [1.29, 1.82) is 0 Å². The minimum absolute atomic E-state index is 0.0351. The van der Waals surface area contributed by atoms with Gasteiger partial charge in [-0.15, -0.1) is 11.7 Å². The first-order valence-electron chi connectivity index (χ1n) is 6.11. The van der Waals surface area contributed by atoms with E-state index in [1.807, 2.05) is 0 Å². The van der Waals surface area contributed by atoms with Gasteiger partial charge in [0.15, 0.2) is 9.84 Å². The number of halogens is 2. The van der Waals surface area contributed by atoms with Crippen LogP contribution in [-0.2, 0) is 16.4 Å². The molecule has 0 bridgehead atoms. The maximum atomic E-state index is 12.3. The maximum absolute atomic E-state index is 12.3. The Morgan fingerprint density at radius 2 is 2.14 bits per heavy atom. The molecule has 1 aromatic heterocycles. The quantitative estimate of drug-likeness (QED) is 0.544. The Labute approximate surface area is 142 Å². The first-order chi connectivity index (χ1) is 10.4. The van der Waals surface area contributed by atoms with Crippen LogP contribution >= 0.6 is 35.0 Å². The van der Waals surface area contributed by atoms with E-state index in [2.05, 4.69) is 22.1 Å². The van der Waals surface area contributed by atoms with E-state index in [-0.39, 0.29) is 15.7 Å². The first-order valence-corrected chi connectivity index (χ1v) is 9.51. The van der Waals surface area contributed by atoms with Gasteiger partial charge in [0.25, 0.3) is 0 Å². The Balaban J connectivity index is 2.05. The summed E-state index contributed by atoms with van der Waals surface area (Å²) in [5.74, 6) is 0.196. The molecule has 0 aliphatic carbocycles. The van der Waals surface area contributed by atoms with Gasteiger partial charge < -0.3 is 0 Å². The molecular weight excluding hydrogens is 367 g/mol. The van der Waals surface area contributed by atoms with Crippen LogP contribution in [0.15, 0.2) is 40.9 Å². The number of thioether (sulfide) groups is 1. The van der Waals surface area contributed by atoms with Gasteiger partial charge in [0.1, 0.15) is 0 Å². The van der Waals surface area contributed by atoms with E-state index in [1.54, 1.807) is 12.1 Å². The Kier molecular flexibility index (Phi) is 5.85. The van der Waals surface area contributed by atoms with Crippen molar-refractivity contribution in [2.24, 2.45) is 0 Å². The van der Waals surface area contributed by atoms with E-state index < -0.39 is 9.84 Å². The van der Waals surface area contributed by atoms with Gasteiger partial charge in [-0.05, 0) is 28.6 Å². The minimum Gasteiger partial charge on any atom is -0.224 e. The zero-order valence-electron chi connectivity index (χ0n) is 11.3. The third-order valence-electron chi connectivity index (χ3n) is 2.61. The predicted molar refractivity (Wildman–Crippen MR) is 87.3 cm³/mol. The summed E-state index contributed by atoms with van der Waals surface area (Å²) in [4.78, 5) is 0.0351. The number of nitrogens with zero attached hydrogens (tertiary/aromatic N) is 4. The molecule has 10 heteroatoms. The number of sulfone groups is 1. The van der Waals surface area contributed by atoms with Crippen molar-refractivity contribution in [3.05, 3.63) is 40.9 Å². The van der Waals surface area contributed by atoms with E-state index in [0.717, 1.165) is 0 Å². The van der Waals surface area contributed by atoms with Crippen molar-refractivity contribution in [2.75, 3.05) is 11.5 Å². The molecule has 0 aliphatic rings. The highest BCUT2D eigenvalue weighted by Crippen LogP contribution is 2.26. The number of aromatic nitrogens is 4. The van der Waals surface area contributed by atoms with Crippen molar-refractivity contribution < 1.29 is 8.42 Å². The lowest BCUT2D eigenvalue weighted by Crippen LogP contribution is -2.10. The highest BCUT2D eigenvalue weighted by molar-refractivity contribution is 8.00. The fraction of sp³-hybridized carbons (Fsp3) is 0.250. The molecule has 0 fully saturated rings. The average molecular weight is 379 g/mol. The molecule has 0 N–H and O–H groups in total. The van der Waals surface area contributed by atoms with Crippen LogP contribution in [0.4, 0.5) is 0 Å². The molecule has 118 valence electrons. The average Bonchev–Trinajstić information content (AvgIpc) is 2.89. The van der Waals surface area contributed by atoms with Crippen LogP contribution in [0.2, 0.25) is 10.0 Å². The summed E-state index contributed by atoms with van der Waals surface area (Å²) >= 11 is 13.0. The van der Waals surface area contributed by atoms with E-state index >= 15 is 0 Å². The maximum Gasteiger partial charge on any atom is 0.209 e. The van der Waals surface area contributed by atoms with Crippen LogP contribution in [0.3, 0.4) is 0 Å². The first kappa shape index (κ1) is 17.3. The molecule has 1 heterocycles. The highest BCUT2D eigenvalue weighted by atomic mass is 35.5. The summed E-state index contributed by atoms with van der Waals surface area (Å²) in [7, 11) is -3.53. The van der Waals surface area contributed by atoms with E-state index in [1.165, 1.54) is 28.6 Å². The summed E-state index contributed by atoms with van der Waals surface area (Å²) in [5, 5.41) is 12.2. The van der Waals surface area contributed by atoms with Gasteiger partial charge in [-0.2, -0.15) is 0 Å². The summed E-state index contributed by atoms with van der Waals surface area (Å²) in [5.41, 5.74) is 0. The molecule has 22 heavy (non-hydrogen) atoms. The lowest BCUT2D eigenvalue weighted by Gasteiger charge is -2.07. The van der Waals surface area contributed by atoms with E-state index in [4.69, 9.17) is 23.2 Å². The van der Waals surface area contributed by atoms with Gasteiger partial charge in [-0.3, -0.25) is 0 Å². The number of tetrazole rings is 1. The topological polar surface area (TPSA) is 77.7 Å². The van der Waals surface area contributed by atoms with E-state index in [9.17, 15) is 8.42 Å². The molecule has 0 amide bonds. The molecule has 2 aromatic rings. The highest BCUT2D eigenvalue weighted by Gasteiger charge is 2.19. The van der Waals surface area contributed by atoms with E-state index in [0.29, 0.717) is 22.5 Å². The van der Waals surface area contributed by atoms with Crippen LogP contribution in [-0.4, -0.2) is 40.1 Å². The monoisotopic (exact) mass is 378 g/mol. The fourth-order valence-corrected chi connectivity index (χ4v) is 4.95. The summed E-state index contributed by atoms with van der Waals surface area (Å²) < 4.78 is 26.2. The lowest BCUT2D eigenvalue weighted by molar-refractivity contribution is 0.597. The predicted octanol–water partition coefficient (Wildman–Crippen LogP) is 2.73. The molecule has 0 saturated heterocycles. The largest absolute Gasteiger partial charge is 0.224 e. The SMILES string of the molecule is C=CCn1nnnc1SCCS(=O)(=O)c1cc(Cl)ccc1Cl. The number of hydrogen-bond donors (Lipinski definition) is 0. The van der Waals surface area contributed by atoms with Crippen molar-refractivity contribution in [3.8, 4) is 0 Å². The van der Waals surface area contributed by atoms with Crippen molar-refractivity contribution in [3.63, 3.8) is 0 Å². The van der Waals surface area contributed by atoms with Gasteiger partial charge >= 0.3 is 0 Å². The zero-order valence-corrected chi connectivity index (χ0v) is 14.5. The number of rotatable bonds is 7. The molecule has 0 aliphatic heterocycles. The van der Waals surface area contributed by atoms with Gasteiger partial charge in [-0.25, -0.2) is 13.1 Å². The Bertz CT molecular complexity index is 777. The number of benzene rings is 1. The molecule has 0 atom stereocenters. The lowest BCUT2D eigenvalue weighted by atomic mass is 10.4. The van der Waals surface area contributed by atoms with Crippen LogP contribution in [0, 0.1) is 0 Å². The van der Waals surface area contributed by atoms with Crippen molar-refractivity contribution >= 4 is 44.8 Å². The third-order valence-corrected chi connectivity index (χ3v) is 6.26. The summed E-state index contributed by atoms with van der Waals surface area (Å²) in [6.45, 7) is 4.07. The summed E-state index contributed by atoms with van der Waals surface area (Å²) in [6, 6.07) is 4.36. The van der Waals surface area contributed by atoms with Crippen molar-refractivity contribution in [1.82, 2.24) is 20.2 Å². The Morgan fingerprint density at radius 1 is 1.36 bits per heavy atom. The number of hydrogen-bond acceptors (Lipinski definition) is 6. The smallest absolute Gasteiger partial charge is 0.209 e. The van der Waals surface area contributed by atoms with Gasteiger partial charge in [0.05, 0.1) is 22.2 Å². The second-order valence-corrected chi connectivity index (χ2v) is 8.16. The molecule has 0 unspecified atom stereocenters. The molecule has 2 rings (SSSR count). The molecule has 1 aromatic carbocycles. The van der Waals surface area contributed by atoms with Gasteiger partial charge in [0, 0.05) is 10.8 Å².